The van der Waals surface area contributed by atoms with Crippen molar-refractivity contribution in [1.82, 2.24) is 4.90 Å². The van der Waals surface area contributed by atoms with Gasteiger partial charge in [-0.3, -0.25) is 14.5 Å². The Morgan fingerprint density at radius 1 is 1.35 bits per heavy atom. The zero-order valence-corrected chi connectivity index (χ0v) is 12.0. The largest absolute Gasteiger partial charge is 0.387 e. The number of carbonyl (C=O) groups is 2. The van der Waals surface area contributed by atoms with Crippen LogP contribution < -0.4 is 0 Å². The lowest BCUT2D eigenvalue weighted by molar-refractivity contribution is -0.127. The van der Waals surface area contributed by atoms with Crippen LogP contribution in [-0.4, -0.2) is 49.3 Å². The van der Waals surface area contributed by atoms with Gasteiger partial charge in [0.25, 0.3) is 5.91 Å². The van der Waals surface area contributed by atoms with Gasteiger partial charge in [-0.05, 0) is 17.2 Å². The van der Waals surface area contributed by atoms with Crippen molar-refractivity contribution >= 4 is 21.7 Å². The third kappa shape index (κ3) is 2.88. The molecule has 1 aromatic carbocycles. The van der Waals surface area contributed by atoms with Crippen LogP contribution in [0.2, 0.25) is 0 Å². The molecule has 0 radical (unpaired) electrons. The number of aliphatic hydroxyl groups excluding tert-OH is 1. The number of benzene rings is 1. The summed E-state index contributed by atoms with van der Waals surface area (Å²) in [5, 5.41) is 9.89. The van der Waals surface area contributed by atoms with Crippen molar-refractivity contribution in [2.75, 3.05) is 19.1 Å². The number of sulfone groups is 1. The summed E-state index contributed by atoms with van der Waals surface area (Å²) in [6.45, 7) is 0. The normalized spacial score (nSPS) is 17.1. The van der Waals surface area contributed by atoms with Gasteiger partial charge < -0.3 is 5.11 Å². The minimum Gasteiger partial charge on any atom is -0.387 e. The molecular formula is C13H15NO5S. The Balaban J connectivity index is 2.37. The molecule has 1 aromatic rings. The van der Waals surface area contributed by atoms with Gasteiger partial charge in [-0.2, -0.15) is 0 Å². The van der Waals surface area contributed by atoms with Crippen LogP contribution in [0.25, 0.3) is 0 Å². The first kappa shape index (κ1) is 14.7. The van der Waals surface area contributed by atoms with Crippen LogP contribution >= 0.6 is 0 Å². The van der Waals surface area contributed by atoms with Crippen LogP contribution in [0.15, 0.2) is 18.2 Å². The quantitative estimate of drug-likeness (QED) is 0.788. The van der Waals surface area contributed by atoms with E-state index in [9.17, 15) is 23.1 Å². The average Bonchev–Trinajstić information content (AvgIpc) is 2.34. The highest BCUT2D eigenvalue weighted by atomic mass is 32.2. The SMILES string of the molecule is CN1C(=O)Cc2ccc(C(O)CS(C)(=O)=O)cc2C1=O. The first-order chi connectivity index (χ1) is 9.19. The number of hydrogen-bond acceptors (Lipinski definition) is 5. The topological polar surface area (TPSA) is 91.8 Å². The average molecular weight is 297 g/mol. The van der Waals surface area contributed by atoms with Crippen molar-refractivity contribution in [3.05, 3.63) is 34.9 Å². The van der Waals surface area contributed by atoms with Crippen molar-refractivity contribution in [2.45, 2.75) is 12.5 Å². The number of nitrogens with zero attached hydrogens (tertiary/aromatic N) is 1. The Bertz CT molecular complexity index is 680. The van der Waals surface area contributed by atoms with E-state index in [-0.39, 0.29) is 12.3 Å². The van der Waals surface area contributed by atoms with Crippen LogP contribution in [0.1, 0.15) is 27.6 Å². The zero-order chi connectivity index (χ0) is 15.1. The number of fused-ring (bicyclic) bond motifs is 1. The molecule has 0 spiro atoms. The number of carbonyl (C=O) groups excluding carboxylic acids is 2. The molecule has 0 fully saturated rings. The standard InChI is InChI=1S/C13H15NO5S/c1-14-12(16)6-8-3-4-9(5-10(8)13(14)17)11(15)7-20(2,18)19/h3-5,11,15H,6-7H2,1-2H3. The molecule has 1 atom stereocenters. The molecule has 2 amide bonds. The van der Waals surface area contributed by atoms with Crippen LogP contribution in [0.4, 0.5) is 0 Å². The van der Waals surface area contributed by atoms with Crippen molar-refractivity contribution in [3.63, 3.8) is 0 Å². The molecule has 0 saturated heterocycles. The predicted molar refractivity (Wildman–Crippen MR) is 71.9 cm³/mol. The summed E-state index contributed by atoms with van der Waals surface area (Å²) in [5.41, 5.74) is 1.27. The summed E-state index contributed by atoms with van der Waals surface area (Å²) in [5.74, 6) is -1.13. The van der Waals surface area contributed by atoms with E-state index < -0.39 is 27.6 Å². The molecule has 0 bridgehead atoms. The number of imide groups is 1. The smallest absolute Gasteiger partial charge is 0.260 e. The second-order valence-electron chi connectivity index (χ2n) is 4.96. The van der Waals surface area contributed by atoms with Gasteiger partial charge in [0.15, 0.2) is 0 Å². The van der Waals surface area contributed by atoms with E-state index in [4.69, 9.17) is 0 Å². The minimum atomic E-state index is -3.33. The predicted octanol–water partition coefficient (Wildman–Crippen LogP) is -0.0807. The Hall–Kier alpha value is -1.73. The van der Waals surface area contributed by atoms with E-state index in [0.717, 1.165) is 11.2 Å². The van der Waals surface area contributed by atoms with Gasteiger partial charge in [-0.15, -0.1) is 0 Å². The molecule has 1 N–H and O–H groups in total. The summed E-state index contributed by atoms with van der Waals surface area (Å²) in [7, 11) is -1.93. The van der Waals surface area contributed by atoms with Crippen molar-refractivity contribution in [1.29, 1.82) is 0 Å². The number of hydrogen-bond donors (Lipinski definition) is 1. The highest BCUT2D eigenvalue weighted by Gasteiger charge is 2.28. The summed E-state index contributed by atoms with van der Waals surface area (Å²) in [6, 6.07) is 4.58. The van der Waals surface area contributed by atoms with Gasteiger partial charge in [0, 0.05) is 18.9 Å². The zero-order valence-electron chi connectivity index (χ0n) is 11.2. The fourth-order valence-corrected chi connectivity index (χ4v) is 2.88. The Labute approximate surface area is 116 Å². The molecule has 1 aliphatic heterocycles. The van der Waals surface area contributed by atoms with E-state index in [1.165, 1.54) is 13.1 Å². The van der Waals surface area contributed by atoms with Crippen LogP contribution in [0.3, 0.4) is 0 Å². The van der Waals surface area contributed by atoms with Gasteiger partial charge in [-0.1, -0.05) is 12.1 Å². The molecule has 0 aromatic heterocycles. The molecule has 108 valence electrons. The maximum absolute atomic E-state index is 12.0. The maximum atomic E-state index is 12.0. The monoisotopic (exact) mass is 297 g/mol. The van der Waals surface area contributed by atoms with Gasteiger partial charge in [0.1, 0.15) is 9.84 Å². The maximum Gasteiger partial charge on any atom is 0.260 e. The third-order valence-electron chi connectivity index (χ3n) is 3.23. The number of aliphatic hydroxyl groups is 1. The van der Waals surface area contributed by atoms with Gasteiger partial charge >= 0.3 is 0 Å². The summed E-state index contributed by atoms with van der Waals surface area (Å²) in [6.07, 6.45) is -0.0299. The summed E-state index contributed by atoms with van der Waals surface area (Å²) in [4.78, 5) is 24.6. The van der Waals surface area contributed by atoms with E-state index in [0.29, 0.717) is 16.7 Å². The molecule has 1 heterocycles. The highest BCUT2D eigenvalue weighted by molar-refractivity contribution is 7.90. The molecule has 6 nitrogen and oxygen atoms in total. The van der Waals surface area contributed by atoms with Gasteiger partial charge in [0.2, 0.25) is 5.91 Å². The molecule has 20 heavy (non-hydrogen) atoms. The Morgan fingerprint density at radius 2 is 2.00 bits per heavy atom. The van der Waals surface area contributed by atoms with Crippen LogP contribution in [0, 0.1) is 0 Å². The number of likely N-dealkylation sites (N-methyl/N-ethyl adjacent to an activating group) is 1. The lowest BCUT2D eigenvalue weighted by Crippen LogP contribution is -2.39. The van der Waals surface area contributed by atoms with Crippen molar-refractivity contribution < 1.29 is 23.1 Å². The molecule has 7 heteroatoms. The highest BCUT2D eigenvalue weighted by Crippen LogP contribution is 2.24. The number of rotatable bonds is 3. The third-order valence-corrected chi connectivity index (χ3v) is 4.15. The molecule has 1 aliphatic rings. The lowest BCUT2D eigenvalue weighted by Gasteiger charge is -2.24. The summed E-state index contributed by atoms with van der Waals surface area (Å²) >= 11 is 0. The minimum absolute atomic E-state index is 0.125. The molecule has 2 rings (SSSR count). The second-order valence-corrected chi connectivity index (χ2v) is 7.14. The van der Waals surface area contributed by atoms with Crippen LogP contribution in [-0.2, 0) is 21.1 Å². The first-order valence-corrected chi connectivity index (χ1v) is 8.04. The Kier molecular flexibility index (Phi) is 3.66. The molecule has 0 saturated carbocycles. The van der Waals surface area contributed by atoms with E-state index in [2.05, 4.69) is 0 Å². The van der Waals surface area contributed by atoms with Gasteiger partial charge in [0.05, 0.1) is 18.3 Å². The van der Waals surface area contributed by atoms with E-state index in [1.807, 2.05) is 0 Å². The first-order valence-electron chi connectivity index (χ1n) is 5.98. The Morgan fingerprint density at radius 3 is 2.60 bits per heavy atom. The fourth-order valence-electron chi connectivity index (χ4n) is 2.11. The van der Waals surface area contributed by atoms with Crippen molar-refractivity contribution in [3.8, 4) is 0 Å². The second kappa shape index (κ2) is 4.99. The summed E-state index contributed by atoms with van der Waals surface area (Å²) < 4.78 is 22.4. The van der Waals surface area contributed by atoms with E-state index >= 15 is 0 Å². The van der Waals surface area contributed by atoms with Crippen molar-refractivity contribution in [2.24, 2.45) is 0 Å². The molecular weight excluding hydrogens is 282 g/mol. The van der Waals surface area contributed by atoms with Gasteiger partial charge in [-0.25, -0.2) is 8.42 Å². The molecule has 1 unspecified atom stereocenters. The lowest BCUT2D eigenvalue weighted by atomic mass is 9.95. The van der Waals surface area contributed by atoms with Crippen LogP contribution in [0.5, 0.6) is 0 Å². The van der Waals surface area contributed by atoms with E-state index in [1.54, 1.807) is 12.1 Å². The number of amides is 2. The fraction of sp³-hybridized carbons (Fsp3) is 0.385. The molecule has 0 aliphatic carbocycles.